The monoisotopic (exact) mass is 618 g/mol. The summed E-state index contributed by atoms with van der Waals surface area (Å²) in [6.45, 7) is 8.06. The number of hydrogen-bond acceptors (Lipinski definition) is 8. The van der Waals surface area contributed by atoms with E-state index in [-0.39, 0.29) is 35.4 Å². The standard InChI is InChI=1S/C36H46N2O7/c1-5-37-32(41)45-38-23-26-11-9-25(10-12-26)8-7-18-35-20-16-30-29(14-13-27-22-28(40)15-19-34(27,30)4)31(35)17-21-36(35,24(3)39)44-33(42)43-6-2/h9-14,22-23,29-31H,5-8,15-21H2,1-4H3,(H,37,41)/b38-23+/t29-,30-,31+,34-,35+,36+/m1/s1. The van der Waals surface area contributed by atoms with Crippen LogP contribution in [0.5, 0.6) is 0 Å². The second-order valence-corrected chi connectivity index (χ2v) is 13.3. The Morgan fingerprint density at radius 1 is 1.07 bits per heavy atom. The zero-order chi connectivity index (χ0) is 32.2. The first-order chi connectivity index (χ1) is 21.6. The van der Waals surface area contributed by atoms with E-state index in [1.54, 1.807) is 20.8 Å². The summed E-state index contributed by atoms with van der Waals surface area (Å²) in [5.74, 6) is 0.871. The predicted octanol–water partition coefficient (Wildman–Crippen LogP) is 6.88. The van der Waals surface area contributed by atoms with Crippen LogP contribution in [-0.2, 0) is 30.3 Å². The summed E-state index contributed by atoms with van der Waals surface area (Å²) in [7, 11) is 0. The van der Waals surface area contributed by atoms with Crippen molar-refractivity contribution in [2.75, 3.05) is 13.2 Å². The lowest BCUT2D eigenvalue weighted by Crippen LogP contribution is -2.59. The van der Waals surface area contributed by atoms with Gasteiger partial charge in [-0.3, -0.25) is 14.4 Å². The number of carbonyl (C=O) groups is 4. The number of benzene rings is 1. The van der Waals surface area contributed by atoms with Gasteiger partial charge in [0.25, 0.3) is 0 Å². The third-order valence-corrected chi connectivity index (χ3v) is 11.2. The van der Waals surface area contributed by atoms with Crippen molar-refractivity contribution >= 4 is 30.0 Å². The minimum absolute atomic E-state index is 0.0706. The number of ether oxygens (including phenoxy) is 2. The molecule has 45 heavy (non-hydrogen) atoms. The van der Waals surface area contributed by atoms with Crippen LogP contribution in [0.4, 0.5) is 9.59 Å². The molecule has 1 aromatic carbocycles. The summed E-state index contributed by atoms with van der Waals surface area (Å²) < 4.78 is 11.4. The van der Waals surface area contributed by atoms with Gasteiger partial charge in [0.2, 0.25) is 0 Å². The highest BCUT2D eigenvalue weighted by molar-refractivity contribution is 5.92. The van der Waals surface area contributed by atoms with E-state index in [2.05, 4.69) is 29.5 Å². The van der Waals surface area contributed by atoms with Crippen LogP contribution in [0.1, 0.15) is 90.2 Å². The maximum absolute atomic E-state index is 13.6. The van der Waals surface area contributed by atoms with E-state index in [9.17, 15) is 19.2 Å². The number of amides is 1. The number of Topliss-reactive ketones (excluding diaryl/α,β-unsaturated/α-hetero) is 1. The van der Waals surface area contributed by atoms with Gasteiger partial charge < -0.3 is 14.8 Å². The maximum atomic E-state index is 13.6. The molecule has 2 saturated carbocycles. The fourth-order valence-corrected chi connectivity index (χ4v) is 9.06. The molecule has 9 nitrogen and oxygen atoms in total. The van der Waals surface area contributed by atoms with Crippen molar-refractivity contribution in [2.24, 2.45) is 33.7 Å². The molecule has 4 aliphatic carbocycles. The number of hydrogen-bond donors (Lipinski definition) is 1. The lowest BCUT2D eigenvalue weighted by molar-refractivity contribution is -0.168. The van der Waals surface area contributed by atoms with Gasteiger partial charge in [0, 0.05) is 18.4 Å². The van der Waals surface area contributed by atoms with E-state index in [1.165, 1.54) is 6.21 Å². The van der Waals surface area contributed by atoms with Gasteiger partial charge in [-0.1, -0.05) is 48.5 Å². The number of oxime groups is 1. The van der Waals surface area contributed by atoms with Crippen LogP contribution in [-0.4, -0.2) is 48.8 Å². The number of aryl methyl sites for hydroxylation is 1. The van der Waals surface area contributed by atoms with E-state index in [4.69, 9.17) is 14.3 Å². The Labute approximate surface area is 265 Å². The van der Waals surface area contributed by atoms with Crippen LogP contribution in [0.3, 0.4) is 0 Å². The number of nitrogens with zero attached hydrogens (tertiary/aromatic N) is 1. The summed E-state index contributed by atoms with van der Waals surface area (Å²) in [5, 5.41) is 6.26. The highest BCUT2D eigenvalue weighted by Gasteiger charge is 2.69. The molecular formula is C36H46N2O7. The second kappa shape index (κ2) is 13.3. The second-order valence-electron chi connectivity index (χ2n) is 13.3. The Bertz CT molecular complexity index is 1400. The lowest BCUT2D eigenvalue weighted by atomic mass is 9.46. The predicted molar refractivity (Wildman–Crippen MR) is 170 cm³/mol. The number of rotatable bonds is 10. The maximum Gasteiger partial charge on any atom is 0.509 e. The first kappa shape index (κ1) is 32.6. The summed E-state index contributed by atoms with van der Waals surface area (Å²) >= 11 is 0. The van der Waals surface area contributed by atoms with Crippen LogP contribution in [0, 0.1) is 28.6 Å². The van der Waals surface area contributed by atoms with Crippen LogP contribution in [0.2, 0.25) is 0 Å². The van der Waals surface area contributed by atoms with Crippen molar-refractivity contribution < 1.29 is 33.5 Å². The van der Waals surface area contributed by atoms with E-state index in [0.29, 0.717) is 25.3 Å². The quantitative estimate of drug-likeness (QED) is 0.131. The summed E-state index contributed by atoms with van der Waals surface area (Å²) in [5.41, 5.74) is 1.27. The molecule has 6 atom stereocenters. The minimum Gasteiger partial charge on any atom is -0.435 e. The number of ketones is 2. The lowest BCUT2D eigenvalue weighted by Gasteiger charge is -2.58. The van der Waals surface area contributed by atoms with Crippen LogP contribution >= 0.6 is 0 Å². The number of allylic oxidation sites excluding steroid dienone is 4. The average molecular weight is 619 g/mol. The third kappa shape index (κ3) is 6.10. The van der Waals surface area contributed by atoms with Gasteiger partial charge in [-0.2, -0.15) is 0 Å². The molecule has 0 bridgehead atoms. The van der Waals surface area contributed by atoms with Gasteiger partial charge in [-0.25, -0.2) is 9.59 Å². The number of fused-ring (bicyclic) bond motifs is 5. The Kier molecular flexibility index (Phi) is 9.65. The normalized spacial score (nSPS) is 31.8. The first-order valence-electron chi connectivity index (χ1n) is 16.5. The number of nitrogens with one attached hydrogen (secondary N) is 1. The molecule has 0 heterocycles. The Hall–Kier alpha value is -3.75. The Morgan fingerprint density at radius 2 is 1.82 bits per heavy atom. The molecule has 5 rings (SSSR count). The molecule has 0 aliphatic heterocycles. The molecule has 0 radical (unpaired) electrons. The van der Waals surface area contributed by atoms with Crippen molar-refractivity contribution in [3.63, 3.8) is 0 Å². The zero-order valence-electron chi connectivity index (χ0n) is 26.9. The fraction of sp³-hybridized carbons (Fsp3) is 0.583. The smallest absolute Gasteiger partial charge is 0.435 e. The molecule has 0 unspecified atom stereocenters. The highest BCUT2D eigenvalue weighted by atomic mass is 16.7. The summed E-state index contributed by atoms with van der Waals surface area (Å²) in [6.07, 6.45) is 13.2. The Morgan fingerprint density at radius 3 is 2.53 bits per heavy atom. The van der Waals surface area contributed by atoms with Gasteiger partial charge in [0.15, 0.2) is 17.2 Å². The SMILES string of the molecule is CCNC(=O)O/N=C/c1ccc(CCC[C@]23CC[C@@H]4[C@@H](C=CC5=CC(=O)CC[C@]54C)[C@@H]2CC[C@]3(OC(=O)OCC)C(C)=O)cc1. The molecule has 4 aliphatic rings. The number of carbonyl (C=O) groups excluding carboxylic acids is 4. The van der Waals surface area contributed by atoms with Gasteiger partial charge in [-0.05, 0) is 118 Å². The van der Waals surface area contributed by atoms with Crippen LogP contribution in [0.25, 0.3) is 0 Å². The largest absolute Gasteiger partial charge is 0.509 e. The van der Waals surface area contributed by atoms with Gasteiger partial charge in [-0.15, -0.1) is 0 Å². The average Bonchev–Trinajstić information content (AvgIpc) is 3.33. The van der Waals surface area contributed by atoms with E-state index in [0.717, 1.165) is 61.6 Å². The van der Waals surface area contributed by atoms with Crippen molar-refractivity contribution in [3.05, 3.63) is 59.2 Å². The zero-order valence-corrected chi connectivity index (χ0v) is 26.9. The van der Waals surface area contributed by atoms with Crippen molar-refractivity contribution in [3.8, 4) is 0 Å². The topological polar surface area (TPSA) is 120 Å². The molecule has 2 fully saturated rings. The van der Waals surface area contributed by atoms with Crippen molar-refractivity contribution in [2.45, 2.75) is 91.1 Å². The molecule has 0 spiro atoms. The first-order valence-corrected chi connectivity index (χ1v) is 16.5. The Balaban J connectivity index is 1.38. The molecule has 1 N–H and O–H groups in total. The molecule has 1 amide bonds. The summed E-state index contributed by atoms with van der Waals surface area (Å²) in [4.78, 5) is 55.0. The van der Waals surface area contributed by atoms with Crippen molar-refractivity contribution in [1.82, 2.24) is 5.32 Å². The molecule has 242 valence electrons. The molecule has 1 aromatic rings. The highest BCUT2D eigenvalue weighted by Crippen LogP contribution is 2.68. The van der Waals surface area contributed by atoms with Crippen LogP contribution < -0.4 is 5.32 Å². The van der Waals surface area contributed by atoms with Crippen LogP contribution in [0.15, 0.2) is 53.2 Å². The molecule has 0 aromatic heterocycles. The minimum atomic E-state index is -1.23. The van der Waals surface area contributed by atoms with Crippen molar-refractivity contribution in [1.29, 1.82) is 0 Å². The van der Waals surface area contributed by atoms with E-state index >= 15 is 0 Å². The van der Waals surface area contributed by atoms with E-state index in [1.807, 2.05) is 30.3 Å². The van der Waals surface area contributed by atoms with Gasteiger partial charge in [0.05, 0.1) is 12.8 Å². The fourth-order valence-electron chi connectivity index (χ4n) is 9.06. The van der Waals surface area contributed by atoms with Gasteiger partial charge in [0.1, 0.15) is 0 Å². The summed E-state index contributed by atoms with van der Waals surface area (Å²) in [6, 6.07) is 7.92. The van der Waals surface area contributed by atoms with E-state index < -0.39 is 23.3 Å². The molecular weight excluding hydrogens is 572 g/mol. The molecule has 0 saturated heterocycles. The van der Waals surface area contributed by atoms with Gasteiger partial charge >= 0.3 is 12.2 Å². The third-order valence-electron chi connectivity index (χ3n) is 11.2. The molecule has 9 heteroatoms.